The first-order valence-corrected chi connectivity index (χ1v) is 8.77. The van der Waals surface area contributed by atoms with Crippen molar-refractivity contribution in [3.63, 3.8) is 0 Å². The van der Waals surface area contributed by atoms with E-state index in [1.54, 1.807) is 12.4 Å². The van der Waals surface area contributed by atoms with Gasteiger partial charge in [0.1, 0.15) is 5.75 Å². The van der Waals surface area contributed by atoms with E-state index in [2.05, 4.69) is 10.3 Å². The molecule has 23 heavy (non-hydrogen) atoms. The van der Waals surface area contributed by atoms with Gasteiger partial charge in [0.2, 0.25) is 0 Å². The van der Waals surface area contributed by atoms with Crippen LogP contribution in [-0.4, -0.2) is 47.1 Å². The number of aliphatic hydroxyl groups is 2. The minimum Gasteiger partial charge on any atom is -0.491 e. The third-order valence-corrected chi connectivity index (χ3v) is 5.32. The number of nitrogens with zero attached hydrogens (tertiary/aromatic N) is 1. The summed E-state index contributed by atoms with van der Waals surface area (Å²) in [6.45, 7) is 2.29. The topological polar surface area (TPSA) is 74.6 Å². The first kappa shape index (κ1) is 16.7. The highest BCUT2D eigenvalue weighted by atomic mass is 16.5. The lowest BCUT2D eigenvalue weighted by Gasteiger charge is -2.30. The molecule has 3 N–H and O–H groups in total. The number of rotatable bonds is 7. The van der Waals surface area contributed by atoms with Gasteiger partial charge in [0, 0.05) is 18.2 Å². The quantitative estimate of drug-likeness (QED) is 0.713. The van der Waals surface area contributed by atoms with Gasteiger partial charge in [-0.2, -0.15) is 0 Å². The van der Waals surface area contributed by atoms with Crippen LogP contribution in [0.2, 0.25) is 0 Å². The highest BCUT2D eigenvalue weighted by Gasteiger charge is 2.44. The number of aromatic nitrogens is 1. The fourth-order valence-electron chi connectivity index (χ4n) is 3.98. The maximum Gasteiger partial charge on any atom is 0.137 e. The average Bonchev–Trinajstić information content (AvgIpc) is 3.16. The summed E-state index contributed by atoms with van der Waals surface area (Å²) in [6, 6.07) is 3.73. The van der Waals surface area contributed by atoms with Gasteiger partial charge >= 0.3 is 0 Å². The average molecular weight is 320 g/mol. The fraction of sp³-hybridized carbons (Fsp3) is 0.722. The number of nitrogens with one attached hydrogen (secondary N) is 1. The molecule has 1 heterocycles. The number of pyridine rings is 1. The monoisotopic (exact) mass is 320 g/mol. The minimum atomic E-state index is -0.652. The van der Waals surface area contributed by atoms with Crippen molar-refractivity contribution in [2.45, 2.75) is 50.7 Å². The number of hydrogen-bond acceptors (Lipinski definition) is 5. The molecule has 0 radical (unpaired) electrons. The lowest BCUT2D eigenvalue weighted by molar-refractivity contribution is 0.0438. The van der Waals surface area contributed by atoms with Crippen molar-refractivity contribution in [3.05, 3.63) is 24.5 Å². The molecule has 2 saturated carbocycles. The van der Waals surface area contributed by atoms with Gasteiger partial charge in [0.05, 0.1) is 25.0 Å². The third-order valence-electron chi connectivity index (χ3n) is 5.32. The van der Waals surface area contributed by atoms with Crippen LogP contribution in [0.25, 0.3) is 0 Å². The van der Waals surface area contributed by atoms with Gasteiger partial charge in [-0.1, -0.05) is 12.8 Å². The van der Waals surface area contributed by atoms with Crippen LogP contribution in [0.4, 0.5) is 0 Å². The van der Waals surface area contributed by atoms with Crippen molar-refractivity contribution in [3.8, 4) is 5.75 Å². The molecule has 0 aliphatic heterocycles. The summed E-state index contributed by atoms with van der Waals surface area (Å²) in [5.74, 6) is 1.51. The molecular formula is C18H28N2O3. The second-order valence-electron chi connectivity index (χ2n) is 7.30. The molecule has 128 valence electrons. The van der Waals surface area contributed by atoms with Gasteiger partial charge in [0.15, 0.2) is 0 Å². The first-order valence-electron chi connectivity index (χ1n) is 8.77. The second kappa shape index (κ2) is 7.60. The van der Waals surface area contributed by atoms with Crippen LogP contribution in [0.1, 0.15) is 38.5 Å². The van der Waals surface area contributed by atoms with E-state index in [1.165, 1.54) is 25.7 Å². The Morgan fingerprint density at radius 1 is 1.22 bits per heavy atom. The SMILES string of the molecule is O[C@@H]1CC(CNCC2CCCC2)(COc2cccnc2)C[C@@H]1O. The van der Waals surface area contributed by atoms with Gasteiger partial charge in [-0.25, -0.2) is 0 Å². The first-order chi connectivity index (χ1) is 11.2. The molecule has 0 amide bonds. The summed E-state index contributed by atoms with van der Waals surface area (Å²) in [4.78, 5) is 4.06. The fourth-order valence-corrected chi connectivity index (χ4v) is 3.98. The summed E-state index contributed by atoms with van der Waals surface area (Å²) < 4.78 is 5.89. The Morgan fingerprint density at radius 2 is 1.96 bits per heavy atom. The molecule has 2 fully saturated rings. The van der Waals surface area contributed by atoms with Crippen LogP contribution < -0.4 is 10.1 Å². The molecule has 5 heteroatoms. The number of aliphatic hydroxyl groups excluding tert-OH is 2. The van der Waals surface area contributed by atoms with Gasteiger partial charge in [0.25, 0.3) is 0 Å². The Kier molecular flexibility index (Phi) is 5.51. The maximum absolute atomic E-state index is 10.00. The Hall–Kier alpha value is -1.17. The zero-order valence-corrected chi connectivity index (χ0v) is 13.7. The van der Waals surface area contributed by atoms with E-state index in [0.29, 0.717) is 19.4 Å². The predicted octanol–water partition coefficient (Wildman–Crippen LogP) is 1.74. The van der Waals surface area contributed by atoms with Gasteiger partial charge < -0.3 is 20.3 Å². The van der Waals surface area contributed by atoms with Crippen LogP contribution in [0.3, 0.4) is 0 Å². The van der Waals surface area contributed by atoms with Crippen LogP contribution in [0.5, 0.6) is 5.75 Å². The minimum absolute atomic E-state index is 0.215. The summed E-state index contributed by atoms with van der Waals surface area (Å²) in [5.41, 5.74) is -0.215. The summed E-state index contributed by atoms with van der Waals surface area (Å²) in [7, 11) is 0. The lowest BCUT2D eigenvalue weighted by Crippen LogP contribution is -2.39. The molecule has 0 aromatic carbocycles. The Balaban J connectivity index is 1.55. The molecule has 0 bridgehead atoms. The molecule has 2 aliphatic rings. The molecule has 1 aromatic rings. The van der Waals surface area contributed by atoms with E-state index in [1.807, 2.05) is 12.1 Å². The smallest absolute Gasteiger partial charge is 0.137 e. The Morgan fingerprint density at radius 3 is 2.61 bits per heavy atom. The summed E-state index contributed by atoms with van der Waals surface area (Å²) >= 11 is 0. The van der Waals surface area contributed by atoms with E-state index < -0.39 is 12.2 Å². The normalized spacial score (nSPS) is 31.6. The van der Waals surface area contributed by atoms with Crippen molar-refractivity contribution in [1.29, 1.82) is 0 Å². The largest absolute Gasteiger partial charge is 0.491 e. The maximum atomic E-state index is 10.00. The molecule has 0 saturated heterocycles. The predicted molar refractivity (Wildman–Crippen MR) is 88.2 cm³/mol. The molecule has 0 spiro atoms. The Bertz CT molecular complexity index is 466. The third kappa shape index (κ3) is 4.43. The van der Waals surface area contributed by atoms with Crippen LogP contribution in [0, 0.1) is 11.3 Å². The molecule has 1 aromatic heterocycles. The Labute approximate surface area is 138 Å². The van der Waals surface area contributed by atoms with Gasteiger partial charge in [-0.3, -0.25) is 4.98 Å². The van der Waals surface area contributed by atoms with Crippen molar-refractivity contribution in [2.24, 2.45) is 11.3 Å². The van der Waals surface area contributed by atoms with Crippen LogP contribution in [-0.2, 0) is 0 Å². The van der Waals surface area contributed by atoms with Gasteiger partial charge in [-0.05, 0) is 50.3 Å². The zero-order valence-electron chi connectivity index (χ0n) is 13.7. The lowest BCUT2D eigenvalue weighted by atomic mass is 9.86. The van der Waals surface area contributed by atoms with E-state index in [4.69, 9.17) is 4.74 Å². The summed E-state index contributed by atoms with van der Waals surface area (Å²) in [6.07, 6.45) is 8.59. The van der Waals surface area contributed by atoms with E-state index >= 15 is 0 Å². The molecule has 2 aliphatic carbocycles. The number of hydrogen-bond donors (Lipinski definition) is 3. The molecule has 5 nitrogen and oxygen atoms in total. The van der Waals surface area contributed by atoms with Crippen molar-refractivity contribution < 1.29 is 14.9 Å². The van der Waals surface area contributed by atoms with Crippen molar-refractivity contribution in [1.82, 2.24) is 10.3 Å². The molecule has 1 unspecified atom stereocenters. The van der Waals surface area contributed by atoms with E-state index in [0.717, 1.165) is 24.8 Å². The highest BCUT2D eigenvalue weighted by Crippen LogP contribution is 2.38. The molecule has 3 rings (SSSR count). The van der Waals surface area contributed by atoms with Crippen molar-refractivity contribution >= 4 is 0 Å². The van der Waals surface area contributed by atoms with E-state index in [9.17, 15) is 10.2 Å². The standard InChI is InChI=1S/C18H28N2O3/c21-16-8-18(9-17(16)22,12-20-10-14-4-1-2-5-14)13-23-15-6-3-7-19-11-15/h3,6-7,11,14,16-17,20-22H,1-2,4-5,8-10,12-13H2/t16-,17+,18?. The number of ether oxygens (including phenoxy) is 1. The van der Waals surface area contributed by atoms with Crippen LogP contribution in [0.15, 0.2) is 24.5 Å². The molecular weight excluding hydrogens is 292 g/mol. The van der Waals surface area contributed by atoms with Crippen LogP contribution >= 0.6 is 0 Å². The second-order valence-corrected chi connectivity index (χ2v) is 7.30. The molecule has 3 atom stereocenters. The van der Waals surface area contributed by atoms with Crippen molar-refractivity contribution in [2.75, 3.05) is 19.7 Å². The highest BCUT2D eigenvalue weighted by molar-refractivity contribution is 5.15. The summed E-state index contributed by atoms with van der Waals surface area (Å²) in [5, 5.41) is 23.6. The zero-order chi connectivity index (χ0) is 16.1. The van der Waals surface area contributed by atoms with E-state index in [-0.39, 0.29) is 5.41 Å². The van der Waals surface area contributed by atoms with Gasteiger partial charge in [-0.15, -0.1) is 0 Å².